The summed E-state index contributed by atoms with van der Waals surface area (Å²) in [5.41, 5.74) is 4.39. The van der Waals surface area contributed by atoms with Gasteiger partial charge in [0.05, 0.1) is 6.42 Å². The van der Waals surface area contributed by atoms with E-state index in [1.807, 2.05) is 60.4 Å². The summed E-state index contributed by atoms with van der Waals surface area (Å²) >= 11 is 0. The quantitative estimate of drug-likeness (QED) is 0.599. The fourth-order valence-electron chi connectivity index (χ4n) is 3.87. The van der Waals surface area contributed by atoms with Crippen molar-refractivity contribution < 1.29 is 14.0 Å². The number of benzene rings is 3. The van der Waals surface area contributed by atoms with Crippen LogP contribution < -0.4 is 15.5 Å². The molecule has 0 spiro atoms. The van der Waals surface area contributed by atoms with Gasteiger partial charge in [-0.2, -0.15) is 0 Å². The van der Waals surface area contributed by atoms with Gasteiger partial charge in [-0.25, -0.2) is 9.18 Å². The number of nitrogens with one attached hydrogen (secondary N) is 2. The highest BCUT2D eigenvalue weighted by molar-refractivity contribution is 5.99. The smallest absolute Gasteiger partial charge is 0.323 e. The molecule has 2 N–H and O–H groups in total. The molecule has 6 nitrogen and oxygen atoms in total. The Morgan fingerprint density at radius 3 is 2.18 bits per heavy atom. The van der Waals surface area contributed by atoms with Crippen molar-refractivity contribution in [3.63, 3.8) is 0 Å². The molecular weight excluding hydrogens is 419 g/mol. The molecule has 7 heteroatoms. The van der Waals surface area contributed by atoms with Gasteiger partial charge in [0, 0.05) is 43.2 Å². The maximum atomic E-state index is 13.0. The zero-order chi connectivity index (χ0) is 23.2. The fraction of sp³-hybridized carbons (Fsp3) is 0.231. The first-order valence-corrected chi connectivity index (χ1v) is 11.0. The normalized spacial score (nSPS) is 13.5. The first-order valence-electron chi connectivity index (χ1n) is 11.0. The molecule has 170 valence electrons. The Bertz CT molecular complexity index is 1110. The van der Waals surface area contributed by atoms with Crippen molar-refractivity contribution >= 4 is 29.0 Å². The van der Waals surface area contributed by atoms with Gasteiger partial charge in [0.15, 0.2) is 0 Å². The molecule has 0 atom stereocenters. The van der Waals surface area contributed by atoms with Gasteiger partial charge in [0.2, 0.25) is 5.91 Å². The van der Waals surface area contributed by atoms with E-state index >= 15 is 0 Å². The minimum atomic E-state index is -0.298. The van der Waals surface area contributed by atoms with E-state index in [0.717, 1.165) is 35.6 Å². The number of hydrogen-bond donors (Lipinski definition) is 2. The van der Waals surface area contributed by atoms with E-state index in [1.165, 1.54) is 12.1 Å². The second-order valence-electron chi connectivity index (χ2n) is 8.17. The molecular formula is C26H27FN4O2. The molecule has 0 aromatic heterocycles. The van der Waals surface area contributed by atoms with Crippen molar-refractivity contribution in [3.05, 3.63) is 89.7 Å². The predicted octanol–water partition coefficient (Wildman–Crippen LogP) is 4.67. The number of halogens is 1. The van der Waals surface area contributed by atoms with Gasteiger partial charge in [0.1, 0.15) is 5.82 Å². The molecule has 1 aliphatic heterocycles. The number of aryl methyl sites for hydroxylation is 1. The van der Waals surface area contributed by atoms with E-state index in [2.05, 4.69) is 15.5 Å². The average Bonchev–Trinajstić information content (AvgIpc) is 2.81. The largest absolute Gasteiger partial charge is 0.368 e. The van der Waals surface area contributed by atoms with Crippen molar-refractivity contribution in [2.45, 2.75) is 13.3 Å². The molecule has 0 radical (unpaired) electrons. The molecule has 1 heterocycles. The van der Waals surface area contributed by atoms with Crippen LogP contribution in [0, 0.1) is 12.7 Å². The Hall–Kier alpha value is -3.87. The van der Waals surface area contributed by atoms with Gasteiger partial charge >= 0.3 is 6.03 Å². The van der Waals surface area contributed by atoms with Crippen LogP contribution in [0.15, 0.2) is 72.8 Å². The Morgan fingerprint density at radius 1 is 0.848 bits per heavy atom. The lowest BCUT2D eigenvalue weighted by Gasteiger charge is -2.36. The summed E-state index contributed by atoms with van der Waals surface area (Å²) < 4.78 is 13.0. The average molecular weight is 447 g/mol. The van der Waals surface area contributed by atoms with E-state index < -0.39 is 0 Å². The van der Waals surface area contributed by atoms with Crippen LogP contribution >= 0.6 is 0 Å². The molecule has 4 rings (SSSR count). The molecule has 3 amide bonds. The van der Waals surface area contributed by atoms with Gasteiger partial charge in [-0.05, 0) is 66.6 Å². The third kappa shape index (κ3) is 6.10. The Balaban J connectivity index is 1.26. The zero-order valence-corrected chi connectivity index (χ0v) is 18.6. The Morgan fingerprint density at radius 2 is 1.52 bits per heavy atom. The number of carbonyl (C=O) groups excluding carboxylic acids is 2. The molecule has 33 heavy (non-hydrogen) atoms. The number of amides is 3. The van der Waals surface area contributed by atoms with Crippen LogP contribution in [0.25, 0.3) is 0 Å². The first-order chi connectivity index (χ1) is 16.0. The SMILES string of the molecule is Cc1cccc(NC(=O)Nc2ccc(N3CCN(C(=O)Cc4ccc(F)cc4)CC3)cc2)c1. The monoisotopic (exact) mass is 446 g/mol. The lowest BCUT2D eigenvalue weighted by atomic mass is 10.1. The molecule has 0 aliphatic carbocycles. The summed E-state index contributed by atoms with van der Waals surface area (Å²) in [6.45, 7) is 4.71. The van der Waals surface area contributed by atoms with Crippen LogP contribution in [-0.2, 0) is 11.2 Å². The second-order valence-corrected chi connectivity index (χ2v) is 8.17. The van der Waals surface area contributed by atoms with Crippen molar-refractivity contribution in [1.82, 2.24) is 4.90 Å². The number of rotatable bonds is 5. The van der Waals surface area contributed by atoms with Crippen molar-refractivity contribution in [3.8, 4) is 0 Å². The van der Waals surface area contributed by atoms with Gasteiger partial charge < -0.3 is 20.4 Å². The number of nitrogens with zero attached hydrogens (tertiary/aromatic N) is 2. The van der Waals surface area contributed by atoms with Crippen LogP contribution in [0.4, 0.5) is 26.2 Å². The standard InChI is InChI=1S/C26H27FN4O2/c1-19-3-2-4-23(17-19)29-26(33)28-22-9-11-24(12-10-22)30-13-15-31(16-14-30)25(32)18-20-5-7-21(27)8-6-20/h2-12,17H,13-16,18H2,1H3,(H2,28,29,33). The molecule has 1 saturated heterocycles. The van der Waals surface area contributed by atoms with Gasteiger partial charge in [-0.1, -0.05) is 24.3 Å². The third-order valence-electron chi connectivity index (χ3n) is 5.67. The van der Waals surface area contributed by atoms with Crippen LogP contribution in [-0.4, -0.2) is 43.0 Å². The zero-order valence-electron chi connectivity index (χ0n) is 18.6. The summed E-state index contributed by atoms with van der Waals surface area (Å²) in [5.74, 6) is -0.242. The Labute approximate surface area is 193 Å². The summed E-state index contributed by atoms with van der Waals surface area (Å²) in [5, 5.41) is 5.67. The molecule has 3 aromatic carbocycles. The molecule has 1 aliphatic rings. The van der Waals surface area contributed by atoms with E-state index in [-0.39, 0.29) is 24.2 Å². The van der Waals surface area contributed by atoms with Crippen LogP contribution in [0.2, 0.25) is 0 Å². The van der Waals surface area contributed by atoms with Crippen molar-refractivity contribution in [2.75, 3.05) is 41.7 Å². The van der Waals surface area contributed by atoms with Gasteiger partial charge in [-0.15, -0.1) is 0 Å². The van der Waals surface area contributed by atoms with Crippen molar-refractivity contribution in [1.29, 1.82) is 0 Å². The van der Waals surface area contributed by atoms with E-state index in [9.17, 15) is 14.0 Å². The van der Waals surface area contributed by atoms with E-state index in [0.29, 0.717) is 18.8 Å². The molecule has 3 aromatic rings. The first kappa shape index (κ1) is 22.3. The summed E-state index contributed by atoms with van der Waals surface area (Å²) in [6, 6.07) is 21.1. The van der Waals surface area contributed by atoms with E-state index in [1.54, 1.807) is 12.1 Å². The predicted molar refractivity (Wildman–Crippen MR) is 129 cm³/mol. The molecule has 0 unspecified atom stereocenters. The topological polar surface area (TPSA) is 64.7 Å². The molecule has 0 bridgehead atoms. The minimum absolute atomic E-state index is 0.0560. The number of urea groups is 1. The Kier molecular flexibility index (Phi) is 6.88. The highest BCUT2D eigenvalue weighted by atomic mass is 19.1. The number of carbonyl (C=O) groups is 2. The summed E-state index contributed by atoms with van der Waals surface area (Å²) in [7, 11) is 0. The second kappa shape index (κ2) is 10.2. The highest BCUT2D eigenvalue weighted by Gasteiger charge is 2.21. The fourth-order valence-corrected chi connectivity index (χ4v) is 3.87. The molecule has 0 saturated carbocycles. The number of hydrogen-bond acceptors (Lipinski definition) is 3. The maximum Gasteiger partial charge on any atom is 0.323 e. The van der Waals surface area contributed by atoms with Gasteiger partial charge in [0.25, 0.3) is 0 Å². The van der Waals surface area contributed by atoms with Crippen LogP contribution in [0.1, 0.15) is 11.1 Å². The summed E-state index contributed by atoms with van der Waals surface area (Å²) in [4.78, 5) is 28.9. The number of piperazine rings is 1. The highest BCUT2D eigenvalue weighted by Crippen LogP contribution is 2.20. The minimum Gasteiger partial charge on any atom is -0.368 e. The molecule has 1 fully saturated rings. The maximum absolute atomic E-state index is 13.0. The van der Waals surface area contributed by atoms with Crippen LogP contribution in [0.5, 0.6) is 0 Å². The van der Waals surface area contributed by atoms with Crippen LogP contribution in [0.3, 0.4) is 0 Å². The lowest BCUT2D eigenvalue weighted by molar-refractivity contribution is -0.130. The third-order valence-corrected chi connectivity index (χ3v) is 5.67. The van der Waals surface area contributed by atoms with Gasteiger partial charge in [-0.3, -0.25) is 4.79 Å². The van der Waals surface area contributed by atoms with Crippen molar-refractivity contribution in [2.24, 2.45) is 0 Å². The number of anilines is 3. The summed E-state index contributed by atoms with van der Waals surface area (Å²) in [6.07, 6.45) is 0.283. The van der Waals surface area contributed by atoms with E-state index in [4.69, 9.17) is 0 Å². The lowest BCUT2D eigenvalue weighted by Crippen LogP contribution is -2.49.